The average Bonchev–Trinajstić information content (AvgIpc) is 2.97. The highest BCUT2D eigenvalue weighted by Gasteiger charge is 2.19. The van der Waals surface area contributed by atoms with Crippen LogP contribution in [-0.4, -0.2) is 28.0 Å². The van der Waals surface area contributed by atoms with Crippen LogP contribution in [0.25, 0.3) is 5.69 Å². The number of nitrogens with one attached hydrogen (secondary N) is 1. The van der Waals surface area contributed by atoms with Crippen molar-refractivity contribution in [3.8, 4) is 11.4 Å². The van der Waals surface area contributed by atoms with Crippen LogP contribution in [0.3, 0.4) is 0 Å². The smallest absolute Gasteiger partial charge is 0.278 e. The summed E-state index contributed by atoms with van der Waals surface area (Å²) in [5, 5.41) is 11.1. The highest BCUT2D eigenvalue weighted by atomic mass is 35.5. The third-order valence-electron chi connectivity index (χ3n) is 3.59. The molecule has 3 aromatic rings. The van der Waals surface area contributed by atoms with Gasteiger partial charge in [0.15, 0.2) is 5.69 Å². The van der Waals surface area contributed by atoms with Crippen molar-refractivity contribution in [3.05, 3.63) is 64.7 Å². The molecular formula is C17H14ClFN4O2. The van der Waals surface area contributed by atoms with Crippen LogP contribution in [0.15, 0.2) is 42.5 Å². The van der Waals surface area contributed by atoms with E-state index in [-0.39, 0.29) is 11.5 Å². The number of hydrogen-bond donors (Lipinski definition) is 1. The van der Waals surface area contributed by atoms with E-state index in [0.29, 0.717) is 27.8 Å². The maximum absolute atomic E-state index is 13.1. The third kappa shape index (κ3) is 3.46. The number of rotatable bonds is 4. The first-order chi connectivity index (χ1) is 12.0. The molecule has 0 bridgehead atoms. The van der Waals surface area contributed by atoms with Gasteiger partial charge in [-0.15, -0.1) is 5.10 Å². The molecule has 8 heteroatoms. The second-order valence-electron chi connectivity index (χ2n) is 5.21. The van der Waals surface area contributed by atoms with Crippen molar-refractivity contribution in [2.24, 2.45) is 0 Å². The van der Waals surface area contributed by atoms with Crippen molar-refractivity contribution in [1.29, 1.82) is 0 Å². The van der Waals surface area contributed by atoms with Crippen LogP contribution in [0, 0.1) is 12.7 Å². The molecule has 0 unspecified atom stereocenters. The maximum atomic E-state index is 13.1. The fourth-order valence-electron chi connectivity index (χ4n) is 2.33. The van der Waals surface area contributed by atoms with Gasteiger partial charge < -0.3 is 10.1 Å². The van der Waals surface area contributed by atoms with Gasteiger partial charge in [0.1, 0.15) is 11.6 Å². The zero-order chi connectivity index (χ0) is 18.0. The first-order valence-electron chi connectivity index (χ1n) is 7.32. The van der Waals surface area contributed by atoms with Gasteiger partial charge in [-0.1, -0.05) is 16.8 Å². The highest BCUT2D eigenvalue weighted by molar-refractivity contribution is 6.31. The van der Waals surface area contributed by atoms with E-state index in [1.165, 1.54) is 23.9 Å². The fourth-order valence-corrected chi connectivity index (χ4v) is 2.50. The Hall–Kier alpha value is -2.93. The topological polar surface area (TPSA) is 69.0 Å². The molecule has 1 aromatic heterocycles. The van der Waals surface area contributed by atoms with Crippen LogP contribution in [0.1, 0.15) is 16.2 Å². The average molecular weight is 361 g/mol. The Morgan fingerprint density at radius 1 is 1.24 bits per heavy atom. The van der Waals surface area contributed by atoms with Gasteiger partial charge in [0.05, 0.1) is 24.2 Å². The SMILES string of the molecule is COc1ccc(Cl)cc1NC(=O)c1nnn(-c2ccc(F)cc2)c1C. The lowest BCUT2D eigenvalue weighted by molar-refractivity contribution is 0.102. The Morgan fingerprint density at radius 2 is 1.96 bits per heavy atom. The van der Waals surface area contributed by atoms with Crippen molar-refractivity contribution < 1.29 is 13.9 Å². The van der Waals surface area contributed by atoms with Gasteiger partial charge in [-0.3, -0.25) is 4.79 Å². The van der Waals surface area contributed by atoms with Crippen LogP contribution in [0.2, 0.25) is 5.02 Å². The molecule has 1 amide bonds. The molecule has 2 aromatic carbocycles. The van der Waals surface area contributed by atoms with E-state index in [1.54, 1.807) is 37.3 Å². The third-order valence-corrected chi connectivity index (χ3v) is 3.83. The van der Waals surface area contributed by atoms with E-state index in [0.717, 1.165) is 0 Å². The molecule has 0 saturated carbocycles. The lowest BCUT2D eigenvalue weighted by atomic mass is 10.2. The van der Waals surface area contributed by atoms with Crippen LogP contribution >= 0.6 is 11.6 Å². The highest BCUT2D eigenvalue weighted by Crippen LogP contribution is 2.28. The second-order valence-corrected chi connectivity index (χ2v) is 5.65. The normalized spacial score (nSPS) is 10.6. The van der Waals surface area contributed by atoms with Crippen molar-refractivity contribution in [1.82, 2.24) is 15.0 Å². The molecule has 0 aliphatic carbocycles. The number of carbonyl (C=O) groups is 1. The number of aromatic nitrogens is 3. The molecule has 3 rings (SSSR count). The van der Waals surface area contributed by atoms with Gasteiger partial charge in [0, 0.05) is 5.02 Å². The number of ether oxygens (including phenoxy) is 1. The minimum absolute atomic E-state index is 0.145. The Morgan fingerprint density at radius 3 is 2.64 bits per heavy atom. The van der Waals surface area contributed by atoms with Crippen molar-refractivity contribution in [2.45, 2.75) is 6.92 Å². The summed E-state index contributed by atoms with van der Waals surface area (Å²) in [5.74, 6) is -0.333. The van der Waals surface area contributed by atoms with Crippen LogP contribution in [0.5, 0.6) is 5.75 Å². The zero-order valence-electron chi connectivity index (χ0n) is 13.5. The molecule has 0 spiro atoms. The molecule has 0 atom stereocenters. The summed E-state index contributed by atoms with van der Waals surface area (Å²) in [7, 11) is 1.49. The maximum Gasteiger partial charge on any atom is 0.278 e. The van der Waals surface area contributed by atoms with E-state index >= 15 is 0 Å². The van der Waals surface area contributed by atoms with Crippen LogP contribution in [-0.2, 0) is 0 Å². The second kappa shape index (κ2) is 6.90. The molecule has 25 heavy (non-hydrogen) atoms. The predicted molar refractivity (Wildman–Crippen MR) is 92.0 cm³/mol. The fraction of sp³-hybridized carbons (Fsp3) is 0.118. The monoisotopic (exact) mass is 360 g/mol. The number of benzene rings is 2. The summed E-state index contributed by atoms with van der Waals surface area (Å²) in [5.41, 5.74) is 1.69. The van der Waals surface area contributed by atoms with Gasteiger partial charge in [0.25, 0.3) is 5.91 Å². The number of amides is 1. The summed E-state index contributed by atoms with van der Waals surface area (Å²) < 4.78 is 19.7. The lowest BCUT2D eigenvalue weighted by Crippen LogP contribution is -2.15. The number of nitrogens with zero attached hydrogens (tertiary/aromatic N) is 3. The first-order valence-corrected chi connectivity index (χ1v) is 7.70. The van der Waals surface area contributed by atoms with Crippen molar-refractivity contribution in [2.75, 3.05) is 12.4 Å². The largest absolute Gasteiger partial charge is 0.495 e. The minimum atomic E-state index is -0.452. The molecule has 128 valence electrons. The molecule has 0 saturated heterocycles. The molecule has 0 aliphatic heterocycles. The molecular weight excluding hydrogens is 347 g/mol. The summed E-state index contributed by atoms with van der Waals surface area (Å²) in [4.78, 5) is 12.5. The van der Waals surface area contributed by atoms with E-state index in [1.807, 2.05) is 0 Å². The summed E-state index contributed by atoms with van der Waals surface area (Å²) in [6.07, 6.45) is 0. The number of carbonyl (C=O) groups excluding carboxylic acids is 1. The number of anilines is 1. The van der Waals surface area contributed by atoms with Crippen LogP contribution < -0.4 is 10.1 Å². The Balaban J connectivity index is 1.89. The lowest BCUT2D eigenvalue weighted by Gasteiger charge is -2.10. The molecule has 0 fully saturated rings. The Kier molecular flexibility index (Phi) is 4.67. The molecule has 0 radical (unpaired) electrons. The van der Waals surface area contributed by atoms with E-state index in [4.69, 9.17) is 16.3 Å². The summed E-state index contributed by atoms with van der Waals surface area (Å²) in [6.45, 7) is 1.70. The number of halogens is 2. The van der Waals surface area contributed by atoms with E-state index < -0.39 is 5.91 Å². The first kappa shape index (κ1) is 16.9. The Bertz CT molecular complexity index is 925. The van der Waals surface area contributed by atoms with Gasteiger partial charge in [-0.05, 0) is 49.4 Å². The molecule has 1 heterocycles. The molecule has 6 nitrogen and oxygen atoms in total. The summed E-state index contributed by atoms with van der Waals surface area (Å²) >= 11 is 5.96. The zero-order valence-corrected chi connectivity index (χ0v) is 14.2. The van der Waals surface area contributed by atoms with Crippen molar-refractivity contribution >= 4 is 23.2 Å². The predicted octanol–water partition coefficient (Wildman–Crippen LogP) is 3.63. The molecule has 1 N–H and O–H groups in total. The summed E-state index contributed by atoms with van der Waals surface area (Å²) in [6, 6.07) is 10.6. The van der Waals surface area contributed by atoms with E-state index in [9.17, 15) is 9.18 Å². The van der Waals surface area contributed by atoms with Gasteiger partial charge in [0.2, 0.25) is 0 Å². The van der Waals surface area contributed by atoms with Crippen molar-refractivity contribution in [3.63, 3.8) is 0 Å². The van der Waals surface area contributed by atoms with Gasteiger partial charge in [-0.25, -0.2) is 9.07 Å². The van der Waals surface area contributed by atoms with Gasteiger partial charge >= 0.3 is 0 Å². The quantitative estimate of drug-likeness (QED) is 0.771. The number of methoxy groups -OCH3 is 1. The Labute approximate surface area is 148 Å². The standard InChI is InChI=1S/C17H14ClFN4O2/c1-10-16(21-22-23(10)13-6-4-12(19)5-7-13)17(24)20-14-9-11(18)3-8-15(14)25-2/h3-9H,1-2H3,(H,20,24). The minimum Gasteiger partial charge on any atom is -0.495 e. The van der Waals surface area contributed by atoms with E-state index in [2.05, 4.69) is 15.6 Å². The van der Waals surface area contributed by atoms with Crippen LogP contribution in [0.4, 0.5) is 10.1 Å². The van der Waals surface area contributed by atoms with Gasteiger partial charge in [-0.2, -0.15) is 0 Å². The molecule has 0 aliphatic rings. The number of hydrogen-bond acceptors (Lipinski definition) is 4.